The Labute approximate surface area is 199 Å². The van der Waals surface area contributed by atoms with Crippen molar-refractivity contribution < 1.29 is 74.3 Å². The van der Waals surface area contributed by atoms with Gasteiger partial charge < -0.3 is 9.90 Å². The summed E-state index contributed by atoms with van der Waals surface area (Å²) in [6.45, 7) is 15.7. The van der Waals surface area contributed by atoms with Crippen LogP contribution in [0.25, 0.3) is 6.08 Å². The van der Waals surface area contributed by atoms with Gasteiger partial charge in [0.25, 0.3) is 10.1 Å². The summed E-state index contributed by atoms with van der Waals surface area (Å²) in [5, 5.41) is 10.0. The molecule has 0 spiro atoms. The first-order chi connectivity index (χ1) is 11.5. The molecule has 5 nitrogen and oxygen atoms in total. The second-order valence-corrected chi connectivity index (χ2v) is 6.52. The molecule has 0 saturated carbocycles. The van der Waals surface area contributed by atoms with Crippen LogP contribution < -0.4 is 56.5 Å². The number of rotatable bonds is 7. The van der Waals surface area contributed by atoms with Crippen LogP contribution in [-0.4, -0.2) is 24.7 Å². The summed E-state index contributed by atoms with van der Waals surface area (Å²) in [4.78, 5) is 10.0. The molecule has 0 amide bonds. The average molecular weight is 405 g/mol. The van der Waals surface area contributed by atoms with Crippen LogP contribution in [0.5, 0.6) is 0 Å². The van der Waals surface area contributed by atoms with Crippen molar-refractivity contribution in [2.75, 3.05) is 5.75 Å². The topological polar surface area (TPSA) is 94.5 Å². The predicted octanol–water partition coefficient (Wildman–Crippen LogP) is 0.0426. The molecular formula is C19H25KO5S. The Kier molecular flexibility index (Phi) is 20.3. The molecule has 0 unspecified atom stereocenters. The van der Waals surface area contributed by atoms with Crippen molar-refractivity contribution in [3.8, 4) is 0 Å². The fourth-order valence-electron chi connectivity index (χ4n) is 1.16. The van der Waals surface area contributed by atoms with Crippen LogP contribution in [0.2, 0.25) is 0 Å². The SMILES string of the molecule is C=C(CCCS(=O)(=O)O)C(=O)[O-].C=CC(=C)C.C=Cc1ccccc1.[K+]. The zero-order valence-electron chi connectivity index (χ0n) is 15.5. The standard InChI is InChI=1S/C8H8.C6H10O5S.C5H8.K/c1-2-8-6-4-3-5-7-8;1-5(6(7)8)3-2-4-12(9,10)11;1-4-5(2)3;/h2-7H,1H2;1-4H2,(H,7,8)(H,9,10,11);4H,1-2H2,3H3;/q;;;+1/p-1. The number of aliphatic carboxylic acids is 1. The molecule has 0 atom stereocenters. The van der Waals surface area contributed by atoms with E-state index in [0.717, 1.165) is 5.57 Å². The van der Waals surface area contributed by atoms with Gasteiger partial charge in [-0.1, -0.05) is 74.4 Å². The summed E-state index contributed by atoms with van der Waals surface area (Å²) in [5.41, 5.74) is 2.02. The summed E-state index contributed by atoms with van der Waals surface area (Å²) < 4.78 is 28.5. The molecule has 0 saturated heterocycles. The average Bonchev–Trinajstić information content (AvgIpc) is 2.55. The number of hydrogen-bond donors (Lipinski definition) is 1. The fraction of sp³-hybridized carbons (Fsp3) is 0.211. The first-order valence-corrected chi connectivity index (χ1v) is 8.94. The van der Waals surface area contributed by atoms with E-state index in [4.69, 9.17) is 4.55 Å². The van der Waals surface area contributed by atoms with Crippen molar-refractivity contribution in [1.82, 2.24) is 0 Å². The van der Waals surface area contributed by atoms with Crippen LogP contribution in [-0.2, 0) is 14.9 Å². The molecule has 26 heavy (non-hydrogen) atoms. The van der Waals surface area contributed by atoms with Crippen LogP contribution in [0.1, 0.15) is 25.3 Å². The Morgan fingerprint density at radius 3 is 1.92 bits per heavy atom. The number of hydrogen-bond acceptors (Lipinski definition) is 4. The summed E-state index contributed by atoms with van der Waals surface area (Å²) in [7, 11) is -4.00. The van der Waals surface area contributed by atoms with Gasteiger partial charge >= 0.3 is 51.4 Å². The van der Waals surface area contributed by atoms with Gasteiger partial charge in [0.2, 0.25) is 0 Å². The van der Waals surface area contributed by atoms with Gasteiger partial charge in [0.05, 0.1) is 11.7 Å². The quantitative estimate of drug-likeness (QED) is 0.300. The Balaban J connectivity index is -0.000000327. The van der Waals surface area contributed by atoms with Gasteiger partial charge in [-0.15, -0.1) is 0 Å². The summed E-state index contributed by atoms with van der Waals surface area (Å²) in [6.07, 6.45) is 3.59. The smallest absolute Gasteiger partial charge is 0.545 e. The summed E-state index contributed by atoms with van der Waals surface area (Å²) in [5.74, 6) is -1.86. The number of carbonyl (C=O) groups is 1. The third-order valence-electron chi connectivity index (χ3n) is 2.55. The van der Waals surface area contributed by atoms with Crippen LogP contribution in [0, 0.1) is 0 Å². The minimum atomic E-state index is -4.00. The van der Waals surface area contributed by atoms with Gasteiger partial charge in [-0.25, -0.2) is 0 Å². The maximum absolute atomic E-state index is 10.1. The minimum Gasteiger partial charge on any atom is -0.545 e. The van der Waals surface area contributed by atoms with E-state index in [0.29, 0.717) is 0 Å². The van der Waals surface area contributed by atoms with E-state index in [2.05, 4.69) is 26.3 Å². The van der Waals surface area contributed by atoms with Crippen LogP contribution >= 0.6 is 0 Å². The van der Waals surface area contributed by atoms with Crippen LogP contribution in [0.4, 0.5) is 0 Å². The number of allylic oxidation sites excluding steroid dienone is 2. The Morgan fingerprint density at radius 2 is 1.65 bits per heavy atom. The van der Waals surface area contributed by atoms with Crippen LogP contribution in [0.15, 0.2) is 73.9 Å². The molecule has 0 aliphatic carbocycles. The van der Waals surface area contributed by atoms with E-state index in [-0.39, 0.29) is 69.8 Å². The van der Waals surface area contributed by atoms with Gasteiger partial charge in [0.15, 0.2) is 0 Å². The first kappa shape index (κ1) is 29.9. The predicted molar refractivity (Wildman–Crippen MR) is 101 cm³/mol. The molecule has 0 aliphatic rings. The molecule has 0 bridgehead atoms. The van der Waals surface area contributed by atoms with Gasteiger partial charge in [-0.2, -0.15) is 8.42 Å². The second kappa shape index (κ2) is 17.6. The molecule has 1 rings (SSSR count). The maximum atomic E-state index is 10.1. The van der Waals surface area contributed by atoms with E-state index in [9.17, 15) is 18.3 Å². The molecule has 0 heterocycles. The Morgan fingerprint density at radius 1 is 1.19 bits per heavy atom. The van der Waals surface area contributed by atoms with Gasteiger partial charge in [-0.3, -0.25) is 4.55 Å². The van der Waals surface area contributed by atoms with E-state index >= 15 is 0 Å². The van der Waals surface area contributed by atoms with Crippen LogP contribution in [0.3, 0.4) is 0 Å². The number of carbonyl (C=O) groups excluding carboxylic acids is 1. The maximum Gasteiger partial charge on any atom is 1.00 e. The molecule has 7 heteroatoms. The molecule has 1 N–H and O–H groups in total. The van der Waals surface area contributed by atoms with E-state index in [1.165, 1.54) is 5.56 Å². The number of benzene rings is 1. The molecule has 0 radical (unpaired) electrons. The zero-order chi connectivity index (χ0) is 19.9. The summed E-state index contributed by atoms with van der Waals surface area (Å²) in [6, 6.07) is 10.0. The van der Waals surface area contributed by atoms with Gasteiger partial charge in [-0.05, 0) is 30.9 Å². The van der Waals surface area contributed by atoms with Crippen molar-refractivity contribution in [2.24, 2.45) is 0 Å². The second-order valence-electron chi connectivity index (χ2n) is 4.95. The van der Waals surface area contributed by atoms with Crippen molar-refractivity contribution in [3.05, 3.63) is 79.4 Å². The van der Waals surface area contributed by atoms with E-state index < -0.39 is 21.8 Å². The minimum absolute atomic E-state index is 0. The third-order valence-corrected chi connectivity index (χ3v) is 3.36. The molecule has 1 aromatic rings. The van der Waals surface area contributed by atoms with Crippen molar-refractivity contribution in [2.45, 2.75) is 19.8 Å². The molecule has 138 valence electrons. The summed E-state index contributed by atoms with van der Waals surface area (Å²) >= 11 is 0. The number of carboxylic acids is 1. The van der Waals surface area contributed by atoms with E-state index in [1.54, 1.807) is 6.08 Å². The zero-order valence-corrected chi connectivity index (χ0v) is 19.4. The first-order valence-electron chi connectivity index (χ1n) is 7.33. The monoisotopic (exact) mass is 404 g/mol. The Bertz CT molecular complexity index is 679. The van der Waals surface area contributed by atoms with E-state index in [1.807, 2.05) is 43.3 Å². The normalized spacial score (nSPS) is 9.00. The van der Waals surface area contributed by atoms with Crippen molar-refractivity contribution in [1.29, 1.82) is 0 Å². The number of carboxylic acid groups (broad SMARTS) is 1. The molecule has 1 aromatic carbocycles. The molecule has 0 aromatic heterocycles. The molecular weight excluding hydrogens is 379 g/mol. The largest absolute Gasteiger partial charge is 1.00 e. The molecule has 0 fully saturated rings. The van der Waals surface area contributed by atoms with Crippen molar-refractivity contribution in [3.63, 3.8) is 0 Å². The fourth-order valence-corrected chi connectivity index (χ4v) is 1.67. The third kappa shape index (κ3) is 23.2. The van der Waals surface area contributed by atoms with Gasteiger partial charge in [0.1, 0.15) is 0 Å². The molecule has 0 aliphatic heterocycles. The Hall–Kier alpha value is -0.804. The van der Waals surface area contributed by atoms with Gasteiger partial charge in [0, 0.05) is 0 Å². The van der Waals surface area contributed by atoms with Crippen molar-refractivity contribution >= 4 is 22.2 Å².